The number of hydrogen-bond donors (Lipinski definition) is 3. The normalized spacial score (nSPS) is 26.5. The molecule has 1 amide bonds. The molecule has 1 fully saturated rings. The molecule has 0 aromatic carbocycles. The zero-order valence-corrected chi connectivity index (χ0v) is 11.0. The van der Waals surface area contributed by atoms with Gasteiger partial charge in [0.1, 0.15) is 0 Å². The van der Waals surface area contributed by atoms with Crippen LogP contribution in [0.15, 0.2) is 0 Å². The van der Waals surface area contributed by atoms with Crippen molar-refractivity contribution in [3.05, 3.63) is 0 Å². The third-order valence-electron chi connectivity index (χ3n) is 3.56. The van der Waals surface area contributed by atoms with E-state index in [1.807, 2.05) is 13.8 Å². The van der Waals surface area contributed by atoms with Crippen LogP contribution in [-0.4, -0.2) is 36.8 Å². The molecule has 0 aliphatic heterocycles. The van der Waals surface area contributed by atoms with Gasteiger partial charge in [0.2, 0.25) is 5.91 Å². The van der Waals surface area contributed by atoms with Gasteiger partial charge in [-0.3, -0.25) is 4.79 Å². The van der Waals surface area contributed by atoms with E-state index in [4.69, 9.17) is 0 Å². The molecule has 17 heavy (non-hydrogen) atoms. The molecule has 1 saturated carbocycles. The van der Waals surface area contributed by atoms with Crippen molar-refractivity contribution in [2.24, 2.45) is 11.8 Å². The highest BCUT2D eigenvalue weighted by Gasteiger charge is 2.23. The van der Waals surface area contributed by atoms with E-state index in [0.29, 0.717) is 6.54 Å². The van der Waals surface area contributed by atoms with Crippen molar-refractivity contribution in [2.45, 2.75) is 45.6 Å². The topological polar surface area (TPSA) is 61.4 Å². The van der Waals surface area contributed by atoms with E-state index in [1.54, 1.807) is 0 Å². The first-order valence-electron chi connectivity index (χ1n) is 6.81. The van der Waals surface area contributed by atoms with Gasteiger partial charge < -0.3 is 15.7 Å². The first kappa shape index (κ1) is 14.5. The van der Waals surface area contributed by atoms with Gasteiger partial charge in [-0.1, -0.05) is 26.7 Å². The SMILES string of the molecule is CCNCC(C)C(=O)NCC1CCCCC1O. The van der Waals surface area contributed by atoms with E-state index in [1.165, 1.54) is 6.42 Å². The van der Waals surface area contributed by atoms with Crippen molar-refractivity contribution in [2.75, 3.05) is 19.6 Å². The Hall–Kier alpha value is -0.610. The standard InChI is InChI=1S/C13H26N2O2/c1-3-14-8-10(2)13(17)15-9-11-6-4-5-7-12(11)16/h10-12,14,16H,3-9H2,1-2H3,(H,15,17). The van der Waals surface area contributed by atoms with Gasteiger partial charge in [-0.05, 0) is 19.4 Å². The molecule has 0 spiro atoms. The minimum Gasteiger partial charge on any atom is -0.393 e. The third-order valence-corrected chi connectivity index (χ3v) is 3.56. The molecular formula is C13H26N2O2. The largest absolute Gasteiger partial charge is 0.393 e. The molecule has 3 unspecified atom stereocenters. The Morgan fingerprint density at radius 3 is 2.76 bits per heavy atom. The maximum absolute atomic E-state index is 11.8. The number of hydrogen-bond acceptors (Lipinski definition) is 3. The van der Waals surface area contributed by atoms with Gasteiger partial charge >= 0.3 is 0 Å². The van der Waals surface area contributed by atoms with Gasteiger partial charge in [0.25, 0.3) is 0 Å². The highest BCUT2D eigenvalue weighted by atomic mass is 16.3. The molecule has 1 aliphatic rings. The Bertz CT molecular complexity index is 233. The lowest BCUT2D eigenvalue weighted by Crippen LogP contribution is -2.41. The highest BCUT2D eigenvalue weighted by Crippen LogP contribution is 2.23. The van der Waals surface area contributed by atoms with E-state index < -0.39 is 0 Å². The summed E-state index contributed by atoms with van der Waals surface area (Å²) in [6.45, 7) is 6.18. The number of carbonyl (C=O) groups excluding carboxylic acids is 1. The molecule has 100 valence electrons. The lowest BCUT2D eigenvalue weighted by Gasteiger charge is -2.28. The van der Waals surface area contributed by atoms with Crippen molar-refractivity contribution in [3.63, 3.8) is 0 Å². The quantitative estimate of drug-likeness (QED) is 0.648. The minimum atomic E-state index is -0.229. The predicted molar refractivity (Wildman–Crippen MR) is 68.7 cm³/mol. The summed E-state index contributed by atoms with van der Waals surface area (Å²) in [5, 5.41) is 15.9. The van der Waals surface area contributed by atoms with Gasteiger partial charge in [-0.15, -0.1) is 0 Å². The number of carbonyl (C=O) groups is 1. The molecule has 1 rings (SSSR count). The van der Waals surface area contributed by atoms with Crippen LogP contribution in [-0.2, 0) is 4.79 Å². The fourth-order valence-electron chi connectivity index (χ4n) is 2.29. The van der Waals surface area contributed by atoms with Gasteiger partial charge in [0, 0.05) is 24.9 Å². The maximum atomic E-state index is 11.8. The van der Waals surface area contributed by atoms with Crippen LogP contribution in [0.4, 0.5) is 0 Å². The molecule has 0 aromatic heterocycles. The van der Waals surface area contributed by atoms with Crippen LogP contribution < -0.4 is 10.6 Å². The predicted octanol–water partition coefficient (Wildman–Crippen LogP) is 0.899. The summed E-state index contributed by atoms with van der Waals surface area (Å²) in [5.41, 5.74) is 0. The summed E-state index contributed by atoms with van der Waals surface area (Å²) in [6, 6.07) is 0. The summed E-state index contributed by atoms with van der Waals surface area (Å²) in [5.74, 6) is 0.332. The summed E-state index contributed by atoms with van der Waals surface area (Å²) < 4.78 is 0. The maximum Gasteiger partial charge on any atom is 0.224 e. The molecule has 0 aromatic rings. The fraction of sp³-hybridized carbons (Fsp3) is 0.923. The van der Waals surface area contributed by atoms with Gasteiger partial charge in [-0.25, -0.2) is 0 Å². The molecule has 4 heteroatoms. The summed E-state index contributed by atoms with van der Waals surface area (Å²) in [4.78, 5) is 11.8. The molecule has 0 bridgehead atoms. The number of nitrogens with one attached hydrogen (secondary N) is 2. The van der Waals surface area contributed by atoms with Crippen molar-refractivity contribution < 1.29 is 9.90 Å². The van der Waals surface area contributed by atoms with E-state index in [9.17, 15) is 9.90 Å². The van der Waals surface area contributed by atoms with Crippen molar-refractivity contribution >= 4 is 5.91 Å². The Morgan fingerprint density at radius 2 is 2.12 bits per heavy atom. The minimum absolute atomic E-state index is 0.00400. The van der Waals surface area contributed by atoms with Crippen molar-refractivity contribution in [1.82, 2.24) is 10.6 Å². The van der Waals surface area contributed by atoms with E-state index in [2.05, 4.69) is 10.6 Å². The Kier molecular flexibility index (Phi) is 6.52. The number of aliphatic hydroxyl groups is 1. The van der Waals surface area contributed by atoms with Crippen LogP contribution in [0.3, 0.4) is 0 Å². The lowest BCUT2D eigenvalue weighted by molar-refractivity contribution is -0.124. The molecule has 4 nitrogen and oxygen atoms in total. The Labute approximate surface area is 104 Å². The van der Waals surface area contributed by atoms with Gasteiger partial charge in [-0.2, -0.15) is 0 Å². The van der Waals surface area contributed by atoms with E-state index in [0.717, 1.165) is 32.4 Å². The monoisotopic (exact) mass is 242 g/mol. The number of amides is 1. The zero-order valence-electron chi connectivity index (χ0n) is 11.0. The van der Waals surface area contributed by atoms with Crippen LogP contribution in [0.25, 0.3) is 0 Å². The third kappa shape index (κ3) is 5.04. The van der Waals surface area contributed by atoms with Crippen molar-refractivity contribution in [1.29, 1.82) is 0 Å². The van der Waals surface area contributed by atoms with E-state index >= 15 is 0 Å². The molecule has 3 N–H and O–H groups in total. The Morgan fingerprint density at radius 1 is 1.41 bits per heavy atom. The second kappa shape index (κ2) is 7.67. The number of rotatable bonds is 6. The Balaban J connectivity index is 2.22. The van der Waals surface area contributed by atoms with Gasteiger partial charge in [0.05, 0.1) is 6.10 Å². The van der Waals surface area contributed by atoms with Crippen molar-refractivity contribution in [3.8, 4) is 0 Å². The number of aliphatic hydroxyl groups excluding tert-OH is 1. The lowest BCUT2D eigenvalue weighted by atomic mass is 9.86. The molecule has 0 heterocycles. The second-order valence-electron chi connectivity index (χ2n) is 5.07. The summed E-state index contributed by atoms with van der Waals surface area (Å²) in [7, 11) is 0. The van der Waals surface area contributed by atoms with Crippen LogP contribution in [0.1, 0.15) is 39.5 Å². The van der Waals surface area contributed by atoms with Gasteiger partial charge in [0.15, 0.2) is 0 Å². The molecule has 1 aliphatic carbocycles. The second-order valence-corrected chi connectivity index (χ2v) is 5.07. The molecular weight excluding hydrogens is 216 g/mol. The van der Waals surface area contributed by atoms with Crippen LogP contribution >= 0.6 is 0 Å². The first-order valence-corrected chi connectivity index (χ1v) is 6.81. The fourth-order valence-corrected chi connectivity index (χ4v) is 2.29. The first-order chi connectivity index (χ1) is 8.15. The zero-order chi connectivity index (χ0) is 12.7. The average Bonchev–Trinajstić information content (AvgIpc) is 2.34. The van der Waals surface area contributed by atoms with E-state index in [-0.39, 0.29) is 23.8 Å². The van der Waals surface area contributed by atoms with Crippen LogP contribution in [0.5, 0.6) is 0 Å². The summed E-state index contributed by atoms with van der Waals surface area (Å²) in [6.07, 6.45) is 3.97. The average molecular weight is 242 g/mol. The van der Waals surface area contributed by atoms with Crippen LogP contribution in [0.2, 0.25) is 0 Å². The highest BCUT2D eigenvalue weighted by molar-refractivity contribution is 5.78. The summed E-state index contributed by atoms with van der Waals surface area (Å²) >= 11 is 0. The smallest absolute Gasteiger partial charge is 0.224 e. The molecule has 0 saturated heterocycles. The molecule has 0 radical (unpaired) electrons. The van der Waals surface area contributed by atoms with Crippen LogP contribution in [0, 0.1) is 11.8 Å². The molecule has 3 atom stereocenters.